The summed E-state index contributed by atoms with van der Waals surface area (Å²) in [4.78, 5) is 0. The lowest BCUT2D eigenvalue weighted by Gasteiger charge is -2.12. The predicted octanol–water partition coefficient (Wildman–Crippen LogP) is 1.82. The molecule has 0 fully saturated rings. The van der Waals surface area contributed by atoms with Crippen LogP contribution in [0.15, 0.2) is 18.2 Å². The molecular formula is C11H15F2NOS. The van der Waals surface area contributed by atoms with E-state index in [4.69, 9.17) is 0 Å². The summed E-state index contributed by atoms with van der Waals surface area (Å²) in [5.74, 6) is -1.14. The first-order chi connectivity index (χ1) is 7.49. The Hall–Kier alpha value is -0.810. The van der Waals surface area contributed by atoms with Gasteiger partial charge in [0, 0.05) is 35.4 Å². The molecule has 0 aromatic heterocycles. The van der Waals surface area contributed by atoms with E-state index in [-0.39, 0.29) is 6.04 Å². The molecule has 0 amide bonds. The molecule has 0 aliphatic heterocycles. The fourth-order valence-corrected chi connectivity index (χ4v) is 2.17. The van der Waals surface area contributed by atoms with Gasteiger partial charge in [-0.3, -0.25) is 4.21 Å². The van der Waals surface area contributed by atoms with Gasteiger partial charge in [0.15, 0.2) is 11.6 Å². The van der Waals surface area contributed by atoms with E-state index in [9.17, 15) is 13.0 Å². The van der Waals surface area contributed by atoms with Crippen LogP contribution in [0, 0.1) is 11.6 Å². The Morgan fingerprint density at radius 3 is 2.62 bits per heavy atom. The number of hydrogen-bond acceptors (Lipinski definition) is 2. The minimum atomic E-state index is -0.858. The maximum absolute atomic E-state index is 12.9. The Balaban J connectivity index is 2.48. The number of nitrogens with one attached hydrogen (secondary N) is 1. The molecule has 0 aliphatic carbocycles. The van der Waals surface area contributed by atoms with E-state index in [1.165, 1.54) is 6.07 Å². The van der Waals surface area contributed by atoms with E-state index in [0.717, 1.165) is 12.1 Å². The molecule has 16 heavy (non-hydrogen) atoms. The highest BCUT2D eigenvalue weighted by Gasteiger charge is 2.05. The lowest BCUT2D eigenvalue weighted by Crippen LogP contribution is -2.30. The Kier molecular flexibility index (Phi) is 5.02. The van der Waals surface area contributed by atoms with Crippen LogP contribution in [-0.4, -0.2) is 22.3 Å². The fourth-order valence-electron chi connectivity index (χ4n) is 1.35. The first kappa shape index (κ1) is 13.3. The highest BCUT2D eigenvalue weighted by Crippen LogP contribution is 2.08. The van der Waals surface area contributed by atoms with E-state index in [2.05, 4.69) is 5.32 Å². The Labute approximate surface area is 96.5 Å². The van der Waals surface area contributed by atoms with Gasteiger partial charge in [-0.1, -0.05) is 6.07 Å². The van der Waals surface area contributed by atoms with E-state index in [1.807, 2.05) is 6.92 Å². The smallest absolute Gasteiger partial charge is 0.159 e. The number of hydrogen-bond donors (Lipinski definition) is 1. The van der Waals surface area contributed by atoms with Crippen molar-refractivity contribution in [2.45, 2.75) is 19.5 Å². The SMILES string of the molecule is CC(CS(C)=O)NCc1ccc(F)c(F)c1. The first-order valence-corrected chi connectivity index (χ1v) is 6.69. The van der Waals surface area contributed by atoms with Crippen LogP contribution in [-0.2, 0) is 17.3 Å². The fraction of sp³-hybridized carbons (Fsp3) is 0.455. The first-order valence-electron chi connectivity index (χ1n) is 4.96. The molecule has 2 atom stereocenters. The summed E-state index contributed by atoms with van der Waals surface area (Å²) in [5.41, 5.74) is 0.674. The molecule has 0 bridgehead atoms. The third-order valence-corrected chi connectivity index (χ3v) is 3.09. The van der Waals surface area contributed by atoms with Crippen molar-refractivity contribution in [3.63, 3.8) is 0 Å². The van der Waals surface area contributed by atoms with Crippen molar-refractivity contribution in [2.75, 3.05) is 12.0 Å². The largest absolute Gasteiger partial charge is 0.309 e. The van der Waals surface area contributed by atoms with Crippen molar-refractivity contribution in [3.8, 4) is 0 Å². The summed E-state index contributed by atoms with van der Waals surface area (Å²) in [6.07, 6.45) is 1.63. The molecule has 1 N–H and O–H groups in total. The zero-order valence-corrected chi connectivity index (χ0v) is 10.1. The maximum Gasteiger partial charge on any atom is 0.159 e. The van der Waals surface area contributed by atoms with Crippen LogP contribution in [0.25, 0.3) is 0 Å². The molecule has 5 heteroatoms. The second-order valence-electron chi connectivity index (χ2n) is 3.77. The van der Waals surface area contributed by atoms with Crippen molar-refractivity contribution < 1.29 is 13.0 Å². The normalized spacial score (nSPS) is 14.8. The van der Waals surface area contributed by atoms with Gasteiger partial charge in [0.25, 0.3) is 0 Å². The van der Waals surface area contributed by atoms with Crippen LogP contribution in [0.5, 0.6) is 0 Å². The van der Waals surface area contributed by atoms with Crippen LogP contribution < -0.4 is 5.32 Å². The van der Waals surface area contributed by atoms with Crippen LogP contribution in [0.4, 0.5) is 8.78 Å². The lowest BCUT2D eigenvalue weighted by atomic mass is 10.2. The summed E-state index contributed by atoms with van der Waals surface area (Å²) in [6.45, 7) is 2.34. The molecule has 0 radical (unpaired) electrons. The molecule has 2 nitrogen and oxygen atoms in total. The number of rotatable bonds is 5. The molecule has 1 aromatic rings. The Morgan fingerprint density at radius 2 is 2.06 bits per heavy atom. The zero-order chi connectivity index (χ0) is 12.1. The van der Waals surface area contributed by atoms with Crippen LogP contribution >= 0.6 is 0 Å². The van der Waals surface area contributed by atoms with Gasteiger partial charge in [0.1, 0.15) is 0 Å². The third kappa shape index (κ3) is 4.37. The highest BCUT2D eigenvalue weighted by atomic mass is 32.2. The van der Waals surface area contributed by atoms with E-state index >= 15 is 0 Å². The summed E-state index contributed by atoms with van der Waals surface area (Å²) in [7, 11) is -0.858. The summed E-state index contributed by atoms with van der Waals surface area (Å²) < 4.78 is 36.4. The van der Waals surface area contributed by atoms with Gasteiger partial charge < -0.3 is 5.32 Å². The third-order valence-electron chi connectivity index (χ3n) is 2.12. The van der Waals surface area contributed by atoms with Gasteiger partial charge in [0.2, 0.25) is 0 Å². The van der Waals surface area contributed by atoms with Gasteiger partial charge in [-0.15, -0.1) is 0 Å². The summed E-state index contributed by atoms with van der Waals surface area (Å²) >= 11 is 0. The van der Waals surface area contributed by atoms with Gasteiger partial charge in [-0.2, -0.15) is 0 Å². The molecule has 90 valence electrons. The molecule has 0 saturated carbocycles. The van der Waals surface area contributed by atoms with E-state index in [0.29, 0.717) is 17.9 Å². The molecule has 0 spiro atoms. The van der Waals surface area contributed by atoms with Crippen LogP contribution in [0.2, 0.25) is 0 Å². The second-order valence-corrected chi connectivity index (χ2v) is 5.25. The topological polar surface area (TPSA) is 29.1 Å². The molecule has 1 rings (SSSR count). The Morgan fingerprint density at radius 1 is 1.38 bits per heavy atom. The lowest BCUT2D eigenvalue weighted by molar-refractivity contribution is 0.504. The average molecular weight is 247 g/mol. The summed E-state index contributed by atoms with van der Waals surface area (Å²) in [6, 6.07) is 3.88. The second kappa shape index (κ2) is 6.06. The maximum atomic E-state index is 12.9. The molecule has 0 saturated heterocycles. The minimum absolute atomic E-state index is 0.0824. The molecule has 0 aliphatic rings. The van der Waals surface area contributed by atoms with Crippen LogP contribution in [0.3, 0.4) is 0 Å². The van der Waals surface area contributed by atoms with E-state index < -0.39 is 22.4 Å². The Bertz CT molecular complexity index is 384. The van der Waals surface area contributed by atoms with E-state index in [1.54, 1.807) is 6.26 Å². The molecule has 0 heterocycles. The van der Waals surface area contributed by atoms with Crippen molar-refractivity contribution >= 4 is 10.8 Å². The van der Waals surface area contributed by atoms with Crippen molar-refractivity contribution in [2.24, 2.45) is 0 Å². The zero-order valence-electron chi connectivity index (χ0n) is 9.30. The molecule has 2 unspecified atom stereocenters. The number of halogens is 2. The van der Waals surface area contributed by atoms with Crippen molar-refractivity contribution in [3.05, 3.63) is 35.4 Å². The highest BCUT2D eigenvalue weighted by molar-refractivity contribution is 7.84. The molecular weight excluding hydrogens is 232 g/mol. The van der Waals surface area contributed by atoms with Gasteiger partial charge in [0.05, 0.1) is 0 Å². The van der Waals surface area contributed by atoms with Gasteiger partial charge in [-0.05, 0) is 24.6 Å². The van der Waals surface area contributed by atoms with Crippen molar-refractivity contribution in [1.29, 1.82) is 0 Å². The standard InChI is InChI=1S/C11H15F2NOS/c1-8(7-16(2)15)14-6-9-3-4-10(12)11(13)5-9/h3-5,8,14H,6-7H2,1-2H3. The van der Waals surface area contributed by atoms with Crippen molar-refractivity contribution in [1.82, 2.24) is 5.32 Å². The molecule has 1 aromatic carbocycles. The monoisotopic (exact) mass is 247 g/mol. The van der Waals surface area contributed by atoms with Gasteiger partial charge >= 0.3 is 0 Å². The predicted molar refractivity (Wildman–Crippen MR) is 61.6 cm³/mol. The minimum Gasteiger partial charge on any atom is -0.309 e. The number of benzene rings is 1. The van der Waals surface area contributed by atoms with Gasteiger partial charge in [-0.25, -0.2) is 8.78 Å². The van der Waals surface area contributed by atoms with Crippen LogP contribution in [0.1, 0.15) is 12.5 Å². The average Bonchev–Trinajstić information content (AvgIpc) is 2.19. The quantitative estimate of drug-likeness (QED) is 0.860. The summed E-state index contributed by atoms with van der Waals surface area (Å²) in [5, 5.41) is 3.09.